The summed E-state index contributed by atoms with van der Waals surface area (Å²) in [4.78, 5) is 24.5. The molecule has 1 atom stereocenters. The van der Waals surface area contributed by atoms with Gasteiger partial charge in [-0.15, -0.1) is 0 Å². The first-order valence-corrected chi connectivity index (χ1v) is 6.25. The lowest BCUT2D eigenvalue weighted by atomic mass is 10.1. The summed E-state index contributed by atoms with van der Waals surface area (Å²) in [6.45, 7) is 1.75. The zero-order valence-electron chi connectivity index (χ0n) is 11.1. The molecule has 1 unspecified atom stereocenters. The van der Waals surface area contributed by atoms with E-state index >= 15 is 0 Å². The van der Waals surface area contributed by atoms with Crippen LogP contribution in [0.5, 0.6) is 0 Å². The van der Waals surface area contributed by atoms with E-state index in [4.69, 9.17) is 16.7 Å². The monoisotopic (exact) mass is 284 g/mol. The summed E-state index contributed by atoms with van der Waals surface area (Å²) in [5, 5.41) is 12.3. The Morgan fingerprint density at radius 1 is 1.42 bits per heavy atom. The van der Waals surface area contributed by atoms with Crippen LogP contribution in [0.25, 0.3) is 0 Å². The number of hydrogen-bond acceptors (Lipinski definition) is 3. The predicted octanol–water partition coefficient (Wildman–Crippen LogP) is 2.32. The van der Waals surface area contributed by atoms with Crippen LogP contribution in [0.2, 0.25) is 5.02 Å². The van der Waals surface area contributed by atoms with E-state index in [-0.39, 0.29) is 5.91 Å². The molecule has 0 radical (unpaired) electrons. The molecule has 0 aromatic heterocycles. The Morgan fingerprint density at radius 2 is 2.05 bits per heavy atom. The SMILES string of the molecule is CCC(Nc1cc(Cl)ccc1C(=O)N(C)C)C(=O)O. The van der Waals surface area contributed by atoms with E-state index in [0.29, 0.717) is 22.7 Å². The third-order valence-corrected chi connectivity index (χ3v) is 2.89. The molecule has 6 heteroatoms. The second-order valence-corrected chi connectivity index (χ2v) is 4.77. The lowest BCUT2D eigenvalue weighted by Crippen LogP contribution is -2.30. The topological polar surface area (TPSA) is 69.6 Å². The Morgan fingerprint density at radius 3 is 2.53 bits per heavy atom. The Kier molecular flexibility index (Phi) is 5.18. The molecular formula is C13H17ClN2O3. The number of halogens is 1. The number of amides is 1. The highest BCUT2D eigenvalue weighted by Gasteiger charge is 2.19. The summed E-state index contributed by atoms with van der Waals surface area (Å²) in [6, 6.07) is 3.99. The predicted molar refractivity (Wildman–Crippen MR) is 74.8 cm³/mol. The fourth-order valence-corrected chi connectivity index (χ4v) is 1.76. The fraction of sp³-hybridized carbons (Fsp3) is 0.385. The van der Waals surface area contributed by atoms with Crippen LogP contribution in [0.15, 0.2) is 18.2 Å². The molecule has 0 aliphatic heterocycles. The first-order chi connectivity index (χ1) is 8.86. The number of rotatable bonds is 5. The van der Waals surface area contributed by atoms with Gasteiger partial charge in [0.2, 0.25) is 0 Å². The van der Waals surface area contributed by atoms with Gasteiger partial charge in [0.05, 0.1) is 5.56 Å². The molecule has 1 aromatic carbocycles. The van der Waals surface area contributed by atoms with Gasteiger partial charge in [-0.25, -0.2) is 4.79 Å². The van der Waals surface area contributed by atoms with Crippen LogP contribution in [0, 0.1) is 0 Å². The molecule has 19 heavy (non-hydrogen) atoms. The van der Waals surface area contributed by atoms with Crippen LogP contribution in [-0.4, -0.2) is 42.0 Å². The van der Waals surface area contributed by atoms with Crippen LogP contribution >= 0.6 is 11.6 Å². The number of benzene rings is 1. The largest absolute Gasteiger partial charge is 0.480 e. The molecule has 0 aliphatic rings. The minimum absolute atomic E-state index is 0.209. The van der Waals surface area contributed by atoms with Gasteiger partial charge in [-0.1, -0.05) is 18.5 Å². The van der Waals surface area contributed by atoms with Crippen LogP contribution in [0.1, 0.15) is 23.7 Å². The van der Waals surface area contributed by atoms with Crippen molar-refractivity contribution in [2.24, 2.45) is 0 Å². The molecule has 0 saturated heterocycles. The van der Waals surface area contributed by atoms with E-state index in [2.05, 4.69) is 5.32 Å². The van der Waals surface area contributed by atoms with Gasteiger partial charge in [-0.05, 0) is 24.6 Å². The third kappa shape index (κ3) is 3.86. The third-order valence-electron chi connectivity index (χ3n) is 2.65. The number of carbonyl (C=O) groups is 2. The number of carboxylic acids is 1. The minimum atomic E-state index is -0.967. The summed E-state index contributed by atoms with van der Waals surface area (Å²) in [5.74, 6) is -1.18. The molecule has 2 N–H and O–H groups in total. The van der Waals surface area contributed by atoms with Crippen LogP contribution in [0.3, 0.4) is 0 Å². The molecule has 1 amide bonds. The molecule has 0 saturated carbocycles. The van der Waals surface area contributed by atoms with E-state index in [0.717, 1.165) is 0 Å². The van der Waals surface area contributed by atoms with Crippen LogP contribution in [-0.2, 0) is 4.79 Å². The lowest BCUT2D eigenvalue weighted by Gasteiger charge is -2.19. The molecular weight excluding hydrogens is 268 g/mol. The van der Waals surface area contributed by atoms with Gasteiger partial charge in [-0.3, -0.25) is 4.79 Å². The molecule has 0 aliphatic carbocycles. The molecule has 0 spiro atoms. The van der Waals surface area contributed by atoms with Crippen molar-refractivity contribution in [3.63, 3.8) is 0 Å². The minimum Gasteiger partial charge on any atom is -0.480 e. The number of nitrogens with one attached hydrogen (secondary N) is 1. The Bertz CT molecular complexity index is 489. The van der Waals surface area contributed by atoms with E-state index < -0.39 is 12.0 Å². The second kappa shape index (κ2) is 6.43. The number of hydrogen-bond donors (Lipinski definition) is 2. The molecule has 0 heterocycles. The van der Waals surface area contributed by atoms with Crippen molar-refractivity contribution in [1.29, 1.82) is 0 Å². The van der Waals surface area contributed by atoms with Crippen molar-refractivity contribution >= 4 is 29.2 Å². The van der Waals surface area contributed by atoms with Crippen molar-refractivity contribution in [1.82, 2.24) is 4.90 Å². The van der Waals surface area contributed by atoms with Gasteiger partial charge in [0.15, 0.2) is 0 Å². The number of anilines is 1. The summed E-state index contributed by atoms with van der Waals surface area (Å²) in [7, 11) is 3.27. The second-order valence-electron chi connectivity index (χ2n) is 4.33. The highest BCUT2D eigenvalue weighted by Crippen LogP contribution is 2.23. The fourth-order valence-electron chi connectivity index (χ4n) is 1.59. The Labute approximate surface area is 117 Å². The summed E-state index contributed by atoms with van der Waals surface area (Å²) >= 11 is 5.89. The Balaban J connectivity index is 3.14. The number of carbonyl (C=O) groups excluding carboxylic acids is 1. The van der Waals surface area contributed by atoms with Gasteiger partial charge >= 0.3 is 5.97 Å². The van der Waals surface area contributed by atoms with Gasteiger partial charge in [0, 0.05) is 24.8 Å². The quantitative estimate of drug-likeness (QED) is 0.870. The first kappa shape index (κ1) is 15.3. The summed E-state index contributed by atoms with van der Waals surface area (Å²) in [5.41, 5.74) is 0.828. The maximum absolute atomic E-state index is 12.0. The zero-order valence-corrected chi connectivity index (χ0v) is 11.9. The molecule has 1 rings (SSSR count). The molecule has 0 bridgehead atoms. The highest BCUT2D eigenvalue weighted by atomic mass is 35.5. The lowest BCUT2D eigenvalue weighted by molar-refractivity contribution is -0.137. The van der Waals surface area contributed by atoms with E-state index in [1.807, 2.05) is 0 Å². The van der Waals surface area contributed by atoms with Crippen LogP contribution in [0.4, 0.5) is 5.69 Å². The van der Waals surface area contributed by atoms with E-state index in [1.54, 1.807) is 39.2 Å². The standard InChI is InChI=1S/C13H17ClN2O3/c1-4-10(13(18)19)15-11-7-8(14)5-6-9(11)12(17)16(2)3/h5-7,10,15H,4H2,1-3H3,(H,18,19). The van der Waals surface area contributed by atoms with Gasteiger partial charge in [0.25, 0.3) is 5.91 Å². The van der Waals surface area contributed by atoms with Crippen LogP contribution < -0.4 is 5.32 Å². The van der Waals surface area contributed by atoms with Crippen molar-refractivity contribution in [2.75, 3.05) is 19.4 Å². The molecule has 5 nitrogen and oxygen atoms in total. The maximum Gasteiger partial charge on any atom is 0.326 e. The number of nitrogens with zero attached hydrogens (tertiary/aromatic N) is 1. The number of aliphatic carboxylic acids is 1. The smallest absolute Gasteiger partial charge is 0.326 e. The van der Waals surface area contributed by atoms with Gasteiger partial charge in [-0.2, -0.15) is 0 Å². The van der Waals surface area contributed by atoms with Gasteiger partial charge < -0.3 is 15.3 Å². The van der Waals surface area contributed by atoms with E-state index in [9.17, 15) is 9.59 Å². The molecule has 104 valence electrons. The zero-order chi connectivity index (χ0) is 14.6. The highest BCUT2D eigenvalue weighted by molar-refractivity contribution is 6.31. The van der Waals surface area contributed by atoms with Crippen molar-refractivity contribution in [2.45, 2.75) is 19.4 Å². The van der Waals surface area contributed by atoms with Gasteiger partial charge in [0.1, 0.15) is 6.04 Å². The maximum atomic E-state index is 12.0. The van der Waals surface area contributed by atoms with Crippen molar-refractivity contribution in [3.8, 4) is 0 Å². The molecule has 1 aromatic rings. The Hall–Kier alpha value is -1.75. The summed E-state index contributed by atoms with van der Waals surface area (Å²) in [6.07, 6.45) is 0.400. The molecule has 0 fully saturated rings. The average Bonchev–Trinajstić information content (AvgIpc) is 2.34. The normalized spacial score (nSPS) is 11.8. The van der Waals surface area contributed by atoms with Crippen molar-refractivity contribution < 1.29 is 14.7 Å². The van der Waals surface area contributed by atoms with Crippen molar-refractivity contribution in [3.05, 3.63) is 28.8 Å². The number of carboxylic acid groups (broad SMARTS) is 1. The van der Waals surface area contributed by atoms with E-state index in [1.165, 1.54) is 4.90 Å². The first-order valence-electron chi connectivity index (χ1n) is 5.87. The summed E-state index contributed by atoms with van der Waals surface area (Å²) < 4.78 is 0. The average molecular weight is 285 g/mol.